The highest BCUT2D eigenvalue weighted by Gasteiger charge is 2.09. The van der Waals surface area contributed by atoms with Crippen molar-refractivity contribution in [3.8, 4) is 5.75 Å². The zero-order valence-electron chi connectivity index (χ0n) is 14.3. The first-order valence-electron chi connectivity index (χ1n) is 7.85. The Morgan fingerprint density at radius 3 is 2.62 bits per heavy atom. The van der Waals surface area contributed by atoms with E-state index in [0.717, 1.165) is 15.8 Å². The molecule has 6 nitrogen and oxygen atoms in total. The normalized spacial score (nSPS) is 10.8. The summed E-state index contributed by atoms with van der Waals surface area (Å²) in [6.07, 6.45) is 3.11. The Bertz CT molecular complexity index is 977. The number of amides is 2. The average molecular weight is 367 g/mol. The lowest BCUT2D eigenvalue weighted by molar-refractivity contribution is -0.111. The molecule has 0 unspecified atom stereocenters. The van der Waals surface area contributed by atoms with E-state index in [9.17, 15) is 9.59 Å². The van der Waals surface area contributed by atoms with Crippen molar-refractivity contribution in [3.05, 3.63) is 59.7 Å². The lowest BCUT2D eigenvalue weighted by atomic mass is 10.1. The van der Waals surface area contributed by atoms with Crippen LogP contribution in [0.2, 0.25) is 0 Å². The van der Waals surface area contributed by atoms with Crippen molar-refractivity contribution in [2.75, 3.05) is 19.5 Å². The number of carbonyl (C=O) groups is 2. The first-order valence-corrected chi connectivity index (χ1v) is 8.67. The molecule has 0 saturated heterocycles. The largest absolute Gasteiger partial charge is 0.494 e. The predicted molar refractivity (Wildman–Crippen MR) is 104 cm³/mol. The van der Waals surface area contributed by atoms with Crippen molar-refractivity contribution in [3.63, 3.8) is 0 Å². The molecule has 132 valence electrons. The monoisotopic (exact) mass is 367 g/mol. The van der Waals surface area contributed by atoms with Gasteiger partial charge in [0.1, 0.15) is 11.3 Å². The molecule has 0 aliphatic heterocycles. The van der Waals surface area contributed by atoms with Crippen LogP contribution in [0.4, 0.5) is 5.13 Å². The second kappa shape index (κ2) is 7.79. The van der Waals surface area contributed by atoms with Gasteiger partial charge in [0, 0.05) is 18.7 Å². The van der Waals surface area contributed by atoms with Gasteiger partial charge >= 0.3 is 0 Å². The van der Waals surface area contributed by atoms with E-state index in [1.54, 1.807) is 44.5 Å². The number of methoxy groups -OCH3 is 1. The van der Waals surface area contributed by atoms with Gasteiger partial charge in [0.05, 0.1) is 11.8 Å². The third kappa shape index (κ3) is 3.89. The van der Waals surface area contributed by atoms with Crippen LogP contribution in [0.15, 0.2) is 48.5 Å². The Morgan fingerprint density at radius 1 is 1.15 bits per heavy atom. The quantitative estimate of drug-likeness (QED) is 0.678. The van der Waals surface area contributed by atoms with Crippen LogP contribution in [0.5, 0.6) is 5.75 Å². The maximum atomic E-state index is 12.1. The minimum atomic E-state index is -0.279. The van der Waals surface area contributed by atoms with Crippen molar-refractivity contribution in [1.29, 1.82) is 0 Å². The van der Waals surface area contributed by atoms with Crippen LogP contribution in [0.1, 0.15) is 15.9 Å². The highest BCUT2D eigenvalue weighted by atomic mass is 32.1. The zero-order valence-corrected chi connectivity index (χ0v) is 15.1. The van der Waals surface area contributed by atoms with E-state index in [4.69, 9.17) is 4.74 Å². The number of hydrogen-bond donors (Lipinski definition) is 2. The van der Waals surface area contributed by atoms with Crippen molar-refractivity contribution in [1.82, 2.24) is 10.3 Å². The van der Waals surface area contributed by atoms with Gasteiger partial charge in [-0.05, 0) is 35.9 Å². The second-order valence-electron chi connectivity index (χ2n) is 5.35. The van der Waals surface area contributed by atoms with Gasteiger partial charge in [-0.25, -0.2) is 4.98 Å². The Labute approximate surface area is 154 Å². The van der Waals surface area contributed by atoms with E-state index in [-0.39, 0.29) is 11.8 Å². The van der Waals surface area contributed by atoms with Gasteiger partial charge in [0.25, 0.3) is 5.91 Å². The lowest BCUT2D eigenvalue weighted by Crippen LogP contribution is -2.17. The molecule has 0 atom stereocenters. The number of nitrogens with one attached hydrogen (secondary N) is 2. The molecule has 1 aromatic heterocycles. The first-order chi connectivity index (χ1) is 12.6. The Morgan fingerprint density at radius 2 is 1.92 bits per heavy atom. The molecule has 26 heavy (non-hydrogen) atoms. The number of anilines is 1. The van der Waals surface area contributed by atoms with Crippen molar-refractivity contribution >= 4 is 44.6 Å². The summed E-state index contributed by atoms with van der Waals surface area (Å²) < 4.78 is 6.21. The SMILES string of the molecule is CNC(=O)c1ccc(/C=C/C(=O)Nc2nc3c(OC)cccc3s2)cc1. The Hall–Kier alpha value is -3.19. The van der Waals surface area contributed by atoms with E-state index in [0.29, 0.717) is 16.4 Å². The standard InChI is InChI=1S/C19H17N3O3S/c1-20-18(24)13-9-6-12(7-10-13)8-11-16(23)21-19-22-17-14(25-2)4-3-5-15(17)26-19/h3-11H,1-2H3,(H,20,24)(H,21,22,23)/b11-8+. The maximum Gasteiger partial charge on any atom is 0.251 e. The lowest BCUT2D eigenvalue weighted by Gasteiger charge is -2.00. The molecule has 3 aromatic rings. The van der Waals surface area contributed by atoms with Gasteiger partial charge in [-0.15, -0.1) is 0 Å². The highest BCUT2D eigenvalue weighted by molar-refractivity contribution is 7.22. The first kappa shape index (κ1) is 17.6. The summed E-state index contributed by atoms with van der Waals surface area (Å²) in [7, 11) is 3.17. The highest BCUT2D eigenvalue weighted by Crippen LogP contribution is 2.32. The van der Waals surface area contributed by atoms with Crippen LogP contribution in [0, 0.1) is 0 Å². The number of carbonyl (C=O) groups excluding carboxylic acids is 2. The molecule has 0 saturated carbocycles. The number of nitrogens with zero attached hydrogens (tertiary/aromatic N) is 1. The molecule has 2 aromatic carbocycles. The van der Waals surface area contributed by atoms with Gasteiger partial charge in [0.15, 0.2) is 5.13 Å². The van der Waals surface area contributed by atoms with E-state index in [2.05, 4.69) is 15.6 Å². The molecule has 0 bridgehead atoms. The number of thiazole rings is 1. The van der Waals surface area contributed by atoms with Crippen molar-refractivity contribution in [2.24, 2.45) is 0 Å². The molecule has 0 fully saturated rings. The van der Waals surface area contributed by atoms with Crippen LogP contribution < -0.4 is 15.4 Å². The number of para-hydroxylation sites is 1. The molecule has 1 heterocycles. The molecule has 2 amide bonds. The molecule has 0 spiro atoms. The van der Waals surface area contributed by atoms with E-state index >= 15 is 0 Å². The van der Waals surface area contributed by atoms with Crippen LogP contribution in [0.25, 0.3) is 16.3 Å². The smallest absolute Gasteiger partial charge is 0.251 e. The molecule has 7 heteroatoms. The fraction of sp³-hybridized carbons (Fsp3) is 0.105. The summed E-state index contributed by atoms with van der Waals surface area (Å²) in [6, 6.07) is 12.6. The minimum Gasteiger partial charge on any atom is -0.494 e. The summed E-state index contributed by atoms with van der Waals surface area (Å²) >= 11 is 1.38. The summed E-state index contributed by atoms with van der Waals surface area (Å²) in [5.74, 6) is 0.244. The molecule has 0 radical (unpaired) electrons. The van der Waals surface area contributed by atoms with Crippen molar-refractivity contribution in [2.45, 2.75) is 0 Å². The third-order valence-electron chi connectivity index (χ3n) is 3.66. The molecule has 3 rings (SSSR count). The van der Waals surface area contributed by atoms with E-state index < -0.39 is 0 Å². The number of ether oxygens (including phenoxy) is 1. The number of fused-ring (bicyclic) bond motifs is 1. The van der Waals surface area contributed by atoms with Crippen LogP contribution in [-0.2, 0) is 4.79 Å². The maximum absolute atomic E-state index is 12.1. The Balaban J connectivity index is 1.68. The second-order valence-corrected chi connectivity index (χ2v) is 6.38. The molecular weight excluding hydrogens is 350 g/mol. The number of rotatable bonds is 5. The third-order valence-corrected chi connectivity index (χ3v) is 4.60. The number of aromatic nitrogens is 1. The molecular formula is C19H17N3O3S. The van der Waals surface area contributed by atoms with Crippen LogP contribution >= 0.6 is 11.3 Å². The van der Waals surface area contributed by atoms with Gasteiger partial charge in [0.2, 0.25) is 5.91 Å². The molecule has 0 aliphatic carbocycles. The van der Waals surface area contributed by atoms with E-state index in [1.165, 1.54) is 17.4 Å². The minimum absolute atomic E-state index is 0.149. The summed E-state index contributed by atoms with van der Waals surface area (Å²) in [6.45, 7) is 0. The zero-order chi connectivity index (χ0) is 18.5. The topological polar surface area (TPSA) is 80.3 Å². The Kier molecular flexibility index (Phi) is 5.28. The predicted octanol–water partition coefficient (Wildman–Crippen LogP) is 3.32. The van der Waals surface area contributed by atoms with E-state index in [1.807, 2.05) is 18.2 Å². The van der Waals surface area contributed by atoms with Gasteiger partial charge < -0.3 is 10.1 Å². The van der Waals surface area contributed by atoms with Gasteiger partial charge in [-0.2, -0.15) is 0 Å². The summed E-state index contributed by atoms with van der Waals surface area (Å²) in [5.41, 5.74) is 2.11. The average Bonchev–Trinajstić information content (AvgIpc) is 3.08. The summed E-state index contributed by atoms with van der Waals surface area (Å²) in [4.78, 5) is 28.0. The fourth-order valence-electron chi connectivity index (χ4n) is 2.35. The van der Waals surface area contributed by atoms with Gasteiger partial charge in [-0.3, -0.25) is 14.9 Å². The molecule has 0 aliphatic rings. The van der Waals surface area contributed by atoms with Crippen LogP contribution in [-0.4, -0.2) is 31.0 Å². The molecule has 2 N–H and O–H groups in total. The van der Waals surface area contributed by atoms with Crippen molar-refractivity contribution < 1.29 is 14.3 Å². The van der Waals surface area contributed by atoms with Gasteiger partial charge in [-0.1, -0.05) is 29.5 Å². The fourth-order valence-corrected chi connectivity index (χ4v) is 3.24. The number of hydrogen-bond acceptors (Lipinski definition) is 5. The number of benzene rings is 2. The van der Waals surface area contributed by atoms with Crippen LogP contribution in [0.3, 0.4) is 0 Å². The summed E-state index contributed by atoms with van der Waals surface area (Å²) in [5, 5.41) is 5.82.